The molecule has 184 valence electrons. The van der Waals surface area contributed by atoms with E-state index in [1.165, 1.54) is 64.2 Å². The molecule has 1 aromatic carbocycles. The van der Waals surface area contributed by atoms with Crippen LogP contribution >= 0.6 is 0 Å². The van der Waals surface area contributed by atoms with E-state index >= 15 is 0 Å². The van der Waals surface area contributed by atoms with Crippen LogP contribution in [-0.4, -0.2) is 25.2 Å². The van der Waals surface area contributed by atoms with Crippen molar-refractivity contribution in [2.24, 2.45) is 0 Å². The summed E-state index contributed by atoms with van der Waals surface area (Å²) in [4.78, 5) is 24.9. The fourth-order valence-corrected chi connectivity index (χ4v) is 3.63. The zero-order chi connectivity index (χ0) is 24.0. The Morgan fingerprint density at radius 1 is 0.636 bits per heavy atom. The van der Waals surface area contributed by atoms with Gasteiger partial charge in [0.15, 0.2) is 6.61 Å². The molecule has 4 heteroatoms. The molecule has 0 saturated carbocycles. The Labute approximate surface area is 201 Å². The Morgan fingerprint density at radius 3 is 1.70 bits per heavy atom. The van der Waals surface area contributed by atoms with Gasteiger partial charge in [0.05, 0.1) is 17.7 Å². The summed E-state index contributed by atoms with van der Waals surface area (Å²) in [6, 6.07) is 6.64. The molecule has 0 bridgehead atoms. The highest BCUT2D eigenvalue weighted by molar-refractivity contribution is 6.03. The first kappa shape index (κ1) is 28.8. The third-order valence-electron chi connectivity index (χ3n) is 5.65. The van der Waals surface area contributed by atoms with Crippen molar-refractivity contribution in [3.05, 3.63) is 35.4 Å². The van der Waals surface area contributed by atoms with Crippen LogP contribution in [0, 0.1) is 11.8 Å². The van der Waals surface area contributed by atoms with Crippen LogP contribution in [0.4, 0.5) is 0 Å². The van der Waals surface area contributed by atoms with Crippen molar-refractivity contribution in [2.45, 2.75) is 110 Å². The number of carbonyl (C=O) groups is 2. The van der Waals surface area contributed by atoms with Crippen LogP contribution in [-0.2, 0) is 9.47 Å². The van der Waals surface area contributed by atoms with E-state index in [2.05, 4.69) is 25.7 Å². The molecular weight excluding hydrogens is 412 g/mol. The Kier molecular flexibility index (Phi) is 17.7. The summed E-state index contributed by atoms with van der Waals surface area (Å²) in [5, 5.41) is 0. The van der Waals surface area contributed by atoms with Gasteiger partial charge in [0, 0.05) is 6.42 Å². The number of hydrogen-bond acceptors (Lipinski definition) is 4. The Balaban J connectivity index is 2.27. The molecule has 0 N–H and O–H groups in total. The summed E-state index contributed by atoms with van der Waals surface area (Å²) >= 11 is 0. The zero-order valence-corrected chi connectivity index (χ0v) is 21.0. The fourth-order valence-electron chi connectivity index (χ4n) is 3.63. The molecule has 0 aliphatic heterocycles. The molecule has 0 spiro atoms. The van der Waals surface area contributed by atoms with E-state index in [9.17, 15) is 9.59 Å². The lowest BCUT2D eigenvalue weighted by molar-refractivity contribution is 0.0471. The van der Waals surface area contributed by atoms with Crippen molar-refractivity contribution in [3.8, 4) is 11.8 Å². The average Bonchev–Trinajstić information content (AvgIpc) is 2.84. The summed E-state index contributed by atoms with van der Waals surface area (Å²) in [5.74, 6) is 4.97. The van der Waals surface area contributed by atoms with E-state index in [0.717, 1.165) is 32.1 Å². The number of hydrogen-bond donors (Lipinski definition) is 0. The maximum atomic E-state index is 12.4. The third-order valence-corrected chi connectivity index (χ3v) is 5.65. The number of ether oxygens (including phenoxy) is 2. The van der Waals surface area contributed by atoms with E-state index < -0.39 is 11.9 Å². The van der Waals surface area contributed by atoms with Crippen molar-refractivity contribution in [2.75, 3.05) is 13.2 Å². The number of esters is 2. The van der Waals surface area contributed by atoms with Gasteiger partial charge < -0.3 is 9.47 Å². The van der Waals surface area contributed by atoms with Crippen molar-refractivity contribution in [3.63, 3.8) is 0 Å². The van der Waals surface area contributed by atoms with Crippen LogP contribution in [0.3, 0.4) is 0 Å². The van der Waals surface area contributed by atoms with Crippen LogP contribution in [0.25, 0.3) is 0 Å². The van der Waals surface area contributed by atoms with E-state index in [1.807, 2.05) is 0 Å². The predicted molar refractivity (Wildman–Crippen MR) is 135 cm³/mol. The van der Waals surface area contributed by atoms with Gasteiger partial charge >= 0.3 is 11.9 Å². The van der Waals surface area contributed by atoms with Crippen LogP contribution in [0.2, 0.25) is 0 Å². The molecule has 1 aromatic rings. The quantitative estimate of drug-likeness (QED) is 0.128. The normalized spacial score (nSPS) is 10.4. The van der Waals surface area contributed by atoms with Gasteiger partial charge in [-0.3, -0.25) is 0 Å². The van der Waals surface area contributed by atoms with Gasteiger partial charge in [0.1, 0.15) is 0 Å². The van der Waals surface area contributed by atoms with Gasteiger partial charge in [0.25, 0.3) is 0 Å². The topological polar surface area (TPSA) is 52.6 Å². The van der Waals surface area contributed by atoms with E-state index in [-0.39, 0.29) is 17.7 Å². The molecule has 4 nitrogen and oxygen atoms in total. The first-order valence-corrected chi connectivity index (χ1v) is 13.1. The standard InChI is InChI=1S/C29H44O4/c1-3-5-7-9-11-12-13-14-15-17-21-25-33-29(31)27-23-19-18-22-26(27)28(30)32-24-20-16-10-8-6-4-2/h18-19,22-23H,3-16,20,24-25H2,1-2H3. The molecular formula is C29H44O4. The summed E-state index contributed by atoms with van der Waals surface area (Å²) in [6.07, 6.45) is 17.8. The molecule has 0 amide bonds. The molecule has 0 fully saturated rings. The molecule has 0 aromatic heterocycles. The van der Waals surface area contributed by atoms with E-state index in [0.29, 0.717) is 6.61 Å². The Hall–Kier alpha value is -2.28. The maximum absolute atomic E-state index is 12.4. The van der Waals surface area contributed by atoms with Crippen LogP contribution in [0.15, 0.2) is 24.3 Å². The van der Waals surface area contributed by atoms with Gasteiger partial charge in [0.2, 0.25) is 0 Å². The molecule has 33 heavy (non-hydrogen) atoms. The summed E-state index contributed by atoms with van der Waals surface area (Å²) in [5.41, 5.74) is 0.482. The minimum absolute atomic E-state index is 0.0387. The number of rotatable bonds is 18. The van der Waals surface area contributed by atoms with Gasteiger partial charge in [-0.15, -0.1) is 0 Å². The highest BCUT2D eigenvalue weighted by Crippen LogP contribution is 2.13. The van der Waals surface area contributed by atoms with E-state index in [4.69, 9.17) is 9.47 Å². The van der Waals surface area contributed by atoms with Crippen LogP contribution in [0.1, 0.15) is 131 Å². The van der Waals surface area contributed by atoms with Gasteiger partial charge in [-0.1, -0.05) is 115 Å². The van der Waals surface area contributed by atoms with Gasteiger partial charge in [-0.05, 0) is 25.0 Å². The first-order chi connectivity index (χ1) is 16.2. The Morgan fingerprint density at radius 2 is 1.12 bits per heavy atom. The largest absolute Gasteiger partial charge is 0.462 e. The van der Waals surface area contributed by atoms with Gasteiger partial charge in [-0.2, -0.15) is 0 Å². The molecule has 1 rings (SSSR count). The first-order valence-electron chi connectivity index (χ1n) is 13.1. The van der Waals surface area contributed by atoms with Crippen LogP contribution in [0.5, 0.6) is 0 Å². The second-order valence-corrected chi connectivity index (χ2v) is 8.60. The van der Waals surface area contributed by atoms with E-state index in [1.54, 1.807) is 24.3 Å². The smallest absolute Gasteiger partial charge is 0.339 e. The van der Waals surface area contributed by atoms with Crippen molar-refractivity contribution < 1.29 is 19.1 Å². The molecule has 0 aliphatic carbocycles. The molecule has 0 unspecified atom stereocenters. The fraction of sp³-hybridized carbons (Fsp3) is 0.655. The number of benzene rings is 1. The molecule has 0 aliphatic rings. The molecule has 0 heterocycles. The molecule has 0 atom stereocenters. The summed E-state index contributed by atoms with van der Waals surface area (Å²) in [6.45, 7) is 4.84. The maximum Gasteiger partial charge on any atom is 0.339 e. The lowest BCUT2D eigenvalue weighted by Gasteiger charge is -2.09. The SMILES string of the molecule is CCCCCCCCCCC#CCOC(=O)c1ccccc1C(=O)OCCCCCCCC. The number of carbonyl (C=O) groups excluding carboxylic acids is 2. The highest BCUT2D eigenvalue weighted by Gasteiger charge is 2.18. The van der Waals surface area contributed by atoms with Crippen molar-refractivity contribution >= 4 is 11.9 Å². The summed E-state index contributed by atoms with van der Waals surface area (Å²) in [7, 11) is 0. The minimum Gasteiger partial charge on any atom is -0.462 e. The average molecular weight is 457 g/mol. The third kappa shape index (κ3) is 14.5. The lowest BCUT2D eigenvalue weighted by Crippen LogP contribution is -2.14. The lowest BCUT2D eigenvalue weighted by atomic mass is 10.1. The van der Waals surface area contributed by atoms with Crippen LogP contribution < -0.4 is 0 Å². The second-order valence-electron chi connectivity index (χ2n) is 8.60. The number of unbranched alkanes of at least 4 members (excludes halogenated alkanes) is 13. The van der Waals surface area contributed by atoms with Gasteiger partial charge in [-0.25, -0.2) is 9.59 Å². The monoisotopic (exact) mass is 456 g/mol. The Bertz CT molecular complexity index is 714. The molecule has 0 saturated heterocycles. The van der Waals surface area contributed by atoms with Crippen molar-refractivity contribution in [1.29, 1.82) is 0 Å². The minimum atomic E-state index is -0.538. The zero-order valence-electron chi connectivity index (χ0n) is 21.0. The predicted octanol–water partition coefficient (Wildman–Crippen LogP) is 7.89. The second kappa shape index (κ2) is 20.3. The molecule has 0 radical (unpaired) electrons. The highest BCUT2D eigenvalue weighted by atomic mass is 16.5. The van der Waals surface area contributed by atoms with Crippen molar-refractivity contribution in [1.82, 2.24) is 0 Å². The summed E-state index contributed by atoms with van der Waals surface area (Å²) < 4.78 is 10.6.